The van der Waals surface area contributed by atoms with E-state index in [1.165, 1.54) is 37.4 Å². The predicted octanol–water partition coefficient (Wildman–Crippen LogP) is 7.67. The van der Waals surface area contributed by atoms with Gasteiger partial charge in [-0.1, -0.05) is 66.7 Å². The van der Waals surface area contributed by atoms with Gasteiger partial charge in [-0.15, -0.1) is 10.2 Å². The number of nitrogens with zero attached hydrogens (tertiary/aromatic N) is 4. The Bertz CT molecular complexity index is 1640. The van der Waals surface area contributed by atoms with Crippen LogP contribution in [0.4, 0.5) is 0 Å². The Morgan fingerprint density at radius 2 is 1.85 bits per heavy atom. The summed E-state index contributed by atoms with van der Waals surface area (Å²) in [5, 5.41) is 10.9. The third-order valence-electron chi connectivity index (χ3n) is 8.99. The van der Waals surface area contributed by atoms with Crippen LogP contribution in [0.25, 0.3) is 33.7 Å². The maximum absolute atomic E-state index is 14.0. The molecule has 2 fully saturated rings. The fourth-order valence-electron chi connectivity index (χ4n) is 7.20. The van der Waals surface area contributed by atoms with Crippen molar-refractivity contribution < 1.29 is 9.21 Å². The molecular weight excluding hydrogens is 504 g/mol. The van der Waals surface area contributed by atoms with E-state index in [-0.39, 0.29) is 17.6 Å². The summed E-state index contributed by atoms with van der Waals surface area (Å²) in [5.41, 5.74) is 3.82. The van der Waals surface area contributed by atoms with Crippen molar-refractivity contribution in [1.82, 2.24) is 19.3 Å². The smallest absolute Gasteiger partial charge is 0.200 e. The molecule has 6 nitrogen and oxygen atoms in total. The molecule has 0 unspecified atom stereocenters. The number of Topliss-reactive ketones (excluding diaryl/α,β-unsaturated/α-hetero) is 1. The quantitative estimate of drug-likeness (QED) is 0.150. The van der Waals surface area contributed by atoms with Gasteiger partial charge in [-0.05, 0) is 67.7 Å². The second-order valence-corrected chi connectivity index (χ2v) is 12.1. The van der Waals surface area contributed by atoms with Crippen molar-refractivity contribution in [3.8, 4) is 22.8 Å². The van der Waals surface area contributed by atoms with Crippen LogP contribution in [0.3, 0.4) is 0 Å². The number of hydrogen-bond acceptors (Lipinski definition) is 5. The highest BCUT2D eigenvalue weighted by molar-refractivity contribution is 7.99. The molecule has 4 atom stereocenters. The molecule has 7 rings (SSSR count). The summed E-state index contributed by atoms with van der Waals surface area (Å²) >= 11 is 1.49. The van der Waals surface area contributed by atoms with E-state index in [1.54, 1.807) is 6.26 Å². The van der Waals surface area contributed by atoms with Gasteiger partial charge < -0.3 is 8.98 Å². The molecule has 7 heteroatoms. The molecule has 5 aromatic rings. The molecule has 198 valence electrons. The second-order valence-electron chi connectivity index (χ2n) is 11.1. The molecule has 0 N–H and O–H groups in total. The lowest BCUT2D eigenvalue weighted by Gasteiger charge is -2.30. The van der Waals surface area contributed by atoms with Crippen LogP contribution in [0.1, 0.15) is 49.0 Å². The van der Waals surface area contributed by atoms with Gasteiger partial charge in [-0.25, -0.2) is 0 Å². The van der Waals surface area contributed by atoms with E-state index in [0.29, 0.717) is 5.92 Å². The van der Waals surface area contributed by atoms with Crippen LogP contribution < -0.4 is 0 Å². The van der Waals surface area contributed by atoms with Gasteiger partial charge in [0.2, 0.25) is 5.82 Å². The first-order valence-corrected chi connectivity index (χ1v) is 14.9. The highest BCUT2D eigenvalue weighted by Crippen LogP contribution is 2.53. The summed E-state index contributed by atoms with van der Waals surface area (Å²) < 4.78 is 10.1. The summed E-state index contributed by atoms with van der Waals surface area (Å²) in [6, 6.07) is 22.4. The molecule has 2 aliphatic rings. The number of furan rings is 1. The number of fused-ring (bicyclic) bond motifs is 3. The lowest BCUT2D eigenvalue weighted by molar-refractivity contribution is 0.102. The molecule has 2 bridgehead atoms. The maximum Gasteiger partial charge on any atom is 0.200 e. The van der Waals surface area contributed by atoms with Crippen molar-refractivity contribution in [2.45, 2.75) is 43.8 Å². The number of thioether (sulfide) groups is 1. The first-order chi connectivity index (χ1) is 19.1. The lowest BCUT2D eigenvalue weighted by atomic mass is 9.84. The van der Waals surface area contributed by atoms with Gasteiger partial charge in [-0.3, -0.25) is 9.36 Å². The minimum Gasteiger partial charge on any atom is -0.461 e. The van der Waals surface area contributed by atoms with Crippen LogP contribution in [0.15, 0.2) is 82.6 Å². The number of hydrogen-bond donors (Lipinski definition) is 0. The van der Waals surface area contributed by atoms with Gasteiger partial charge in [0.1, 0.15) is 0 Å². The third kappa shape index (κ3) is 4.15. The zero-order valence-corrected chi connectivity index (χ0v) is 23.1. The van der Waals surface area contributed by atoms with Gasteiger partial charge in [-0.2, -0.15) is 0 Å². The van der Waals surface area contributed by atoms with E-state index in [4.69, 9.17) is 4.42 Å². The highest BCUT2D eigenvalue weighted by Gasteiger charge is 2.43. The number of carbonyl (C=O) groups excluding carboxylic acids is 1. The zero-order valence-electron chi connectivity index (χ0n) is 22.3. The molecule has 2 aromatic carbocycles. The Labute approximate surface area is 232 Å². The maximum atomic E-state index is 14.0. The van der Waals surface area contributed by atoms with Crippen molar-refractivity contribution in [1.29, 1.82) is 0 Å². The second kappa shape index (κ2) is 9.87. The Balaban J connectivity index is 1.24. The number of para-hydroxylation sites is 1. The van der Waals surface area contributed by atoms with Crippen LogP contribution in [0.5, 0.6) is 0 Å². The molecule has 0 spiro atoms. The molecule has 3 heterocycles. The Kier molecular flexibility index (Phi) is 6.19. The van der Waals surface area contributed by atoms with Crippen molar-refractivity contribution in [2.75, 3.05) is 5.75 Å². The van der Waals surface area contributed by atoms with E-state index in [0.717, 1.165) is 56.3 Å². The average Bonchev–Trinajstić information content (AvgIpc) is 3.80. The van der Waals surface area contributed by atoms with Crippen LogP contribution >= 0.6 is 11.8 Å². The summed E-state index contributed by atoms with van der Waals surface area (Å²) in [7, 11) is 2.04. The lowest BCUT2D eigenvalue weighted by Crippen LogP contribution is -2.23. The summed E-state index contributed by atoms with van der Waals surface area (Å²) in [6.07, 6.45) is 6.98. The monoisotopic (exact) mass is 536 g/mol. The van der Waals surface area contributed by atoms with E-state index < -0.39 is 0 Å². The minimum atomic E-state index is 0.0947. The van der Waals surface area contributed by atoms with Gasteiger partial charge >= 0.3 is 0 Å². The van der Waals surface area contributed by atoms with Crippen LogP contribution in [-0.4, -0.2) is 30.9 Å². The van der Waals surface area contributed by atoms with E-state index in [1.807, 2.05) is 55.6 Å². The number of carbonyl (C=O) groups is 1. The first-order valence-electron chi connectivity index (χ1n) is 13.9. The highest BCUT2D eigenvalue weighted by atomic mass is 32.2. The van der Waals surface area contributed by atoms with Crippen molar-refractivity contribution >= 4 is 28.4 Å². The molecular formula is C32H32N4O2S. The Hall–Kier alpha value is -3.58. The van der Waals surface area contributed by atoms with Gasteiger partial charge in [0.15, 0.2) is 16.7 Å². The Morgan fingerprint density at radius 1 is 1.03 bits per heavy atom. The number of rotatable bonds is 8. The molecule has 2 aliphatic carbocycles. The predicted molar refractivity (Wildman–Crippen MR) is 155 cm³/mol. The van der Waals surface area contributed by atoms with Crippen molar-refractivity contribution in [2.24, 2.45) is 24.8 Å². The number of aryl methyl sites for hydroxylation is 1. The van der Waals surface area contributed by atoms with Crippen LogP contribution in [0.2, 0.25) is 0 Å². The van der Waals surface area contributed by atoms with E-state index in [9.17, 15) is 4.79 Å². The normalized spacial score (nSPS) is 21.1. The third-order valence-corrected chi connectivity index (χ3v) is 9.93. The minimum absolute atomic E-state index is 0.0947. The van der Waals surface area contributed by atoms with E-state index in [2.05, 4.69) is 44.5 Å². The van der Waals surface area contributed by atoms with Crippen molar-refractivity contribution in [3.05, 3.63) is 78.6 Å². The summed E-state index contributed by atoms with van der Waals surface area (Å²) in [6.45, 7) is 2.30. The topological polar surface area (TPSA) is 65.8 Å². The van der Waals surface area contributed by atoms with Gasteiger partial charge in [0.05, 0.1) is 23.3 Å². The molecule has 39 heavy (non-hydrogen) atoms. The number of aromatic nitrogens is 4. The number of benzene rings is 2. The van der Waals surface area contributed by atoms with Crippen LogP contribution in [0, 0.1) is 17.8 Å². The average molecular weight is 537 g/mol. The van der Waals surface area contributed by atoms with Gasteiger partial charge in [0, 0.05) is 24.0 Å². The SMILES string of the molecule is C[C@@H]([C@@H]1C[C@@H]2CC[C@@H]1C2)n1c(SCC(=O)c2c(-c3ccccc3)n(C)c3ccccc23)nnc1-c1ccco1. The molecule has 2 saturated carbocycles. The number of ketones is 1. The molecule has 0 saturated heterocycles. The van der Waals surface area contributed by atoms with Crippen LogP contribution in [-0.2, 0) is 7.05 Å². The van der Waals surface area contributed by atoms with Crippen molar-refractivity contribution in [3.63, 3.8) is 0 Å². The first kappa shape index (κ1) is 24.5. The molecule has 3 aromatic heterocycles. The Morgan fingerprint density at radius 3 is 2.59 bits per heavy atom. The fourth-order valence-corrected chi connectivity index (χ4v) is 8.10. The van der Waals surface area contributed by atoms with Gasteiger partial charge in [0.25, 0.3) is 0 Å². The molecule has 0 amide bonds. The largest absolute Gasteiger partial charge is 0.461 e. The molecule has 0 radical (unpaired) electrons. The fraction of sp³-hybridized carbons (Fsp3) is 0.344. The summed E-state index contributed by atoms with van der Waals surface area (Å²) in [5.74, 6) is 4.07. The summed E-state index contributed by atoms with van der Waals surface area (Å²) in [4.78, 5) is 14.0. The molecule has 0 aliphatic heterocycles. The standard InChI is InChI=1S/C32H32N4O2S/c1-20(25-18-21-14-15-23(25)17-21)36-31(28-13-8-16-38-28)33-34-32(36)39-19-27(37)29-24-11-6-7-12-26(24)35(2)30(29)22-9-4-3-5-10-22/h3-13,16,20-21,23,25H,14-15,17-19H2,1-2H3/t20-,21+,23+,25-/m0/s1. The zero-order chi connectivity index (χ0) is 26.5. The van der Waals surface area contributed by atoms with E-state index >= 15 is 0 Å².